The van der Waals surface area contributed by atoms with Crippen LogP contribution in [0.3, 0.4) is 0 Å². The second-order valence-electron chi connectivity index (χ2n) is 2.52. The standard InChI is InChI=1S/C8H3ClN2O4/c9-6-1-4(3-10)5(8(12)13)2-7(6)11(14)15/h1-2H,(H,12,13). The summed E-state index contributed by atoms with van der Waals surface area (Å²) in [4.78, 5) is 20.3. The average Bonchev–Trinajstić information content (AvgIpc) is 2.16. The van der Waals surface area contributed by atoms with Crippen molar-refractivity contribution in [1.82, 2.24) is 0 Å². The molecule has 0 spiro atoms. The number of halogens is 1. The Kier molecular flexibility index (Phi) is 2.87. The molecule has 7 heteroatoms. The molecular formula is C8H3ClN2O4. The van der Waals surface area contributed by atoms with Crippen LogP contribution in [0.5, 0.6) is 0 Å². The summed E-state index contributed by atoms with van der Waals surface area (Å²) >= 11 is 5.49. The van der Waals surface area contributed by atoms with Gasteiger partial charge < -0.3 is 5.11 Å². The fourth-order valence-corrected chi connectivity index (χ4v) is 1.20. The number of hydrogen-bond donors (Lipinski definition) is 1. The number of carboxylic acids is 1. The zero-order chi connectivity index (χ0) is 11.6. The van der Waals surface area contributed by atoms with Crippen LogP contribution in [0.15, 0.2) is 12.1 Å². The molecule has 0 bridgehead atoms. The van der Waals surface area contributed by atoms with Gasteiger partial charge in [0.1, 0.15) is 11.1 Å². The second-order valence-corrected chi connectivity index (χ2v) is 2.93. The van der Waals surface area contributed by atoms with Gasteiger partial charge in [0.05, 0.1) is 16.1 Å². The van der Waals surface area contributed by atoms with Crippen LogP contribution >= 0.6 is 11.6 Å². The number of aromatic carboxylic acids is 1. The Balaban J connectivity index is 3.52. The third kappa shape index (κ3) is 2.03. The number of carboxylic acid groups (broad SMARTS) is 1. The average molecular weight is 227 g/mol. The Labute approximate surface area is 88.5 Å². The van der Waals surface area contributed by atoms with Crippen molar-refractivity contribution in [1.29, 1.82) is 5.26 Å². The maximum atomic E-state index is 10.6. The van der Waals surface area contributed by atoms with E-state index in [0.717, 1.165) is 12.1 Å². The van der Waals surface area contributed by atoms with E-state index in [1.54, 1.807) is 6.07 Å². The van der Waals surface area contributed by atoms with Gasteiger partial charge in [-0.15, -0.1) is 0 Å². The Morgan fingerprint density at radius 2 is 2.20 bits per heavy atom. The Morgan fingerprint density at radius 3 is 2.60 bits per heavy atom. The zero-order valence-electron chi connectivity index (χ0n) is 7.10. The highest BCUT2D eigenvalue weighted by atomic mass is 35.5. The van der Waals surface area contributed by atoms with Gasteiger partial charge in [-0.1, -0.05) is 11.6 Å². The normalized spacial score (nSPS) is 9.33. The van der Waals surface area contributed by atoms with Crippen LogP contribution in [0.2, 0.25) is 5.02 Å². The second kappa shape index (κ2) is 3.94. The maximum Gasteiger partial charge on any atom is 0.337 e. The SMILES string of the molecule is N#Cc1cc(Cl)c([N+](=O)[O-])cc1C(=O)O. The van der Waals surface area contributed by atoms with Gasteiger partial charge >= 0.3 is 5.97 Å². The predicted octanol–water partition coefficient (Wildman–Crippen LogP) is 1.82. The van der Waals surface area contributed by atoms with E-state index in [1.807, 2.05) is 0 Å². The number of carbonyl (C=O) groups is 1. The number of rotatable bonds is 2. The zero-order valence-corrected chi connectivity index (χ0v) is 7.85. The molecule has 0 radical (unpaired) electrons. The summed E-state index contributed by atoms with van der Waals surface area (Å²) in [5, 5.41) is 27.4. The first kappa shape index (κ1) is 10.9. The quantitative estimate of drug-likeness (QED) is 0.612. The molecule has 15 heavy (non-hydrogen) atoms. The van der Waals surface area contributed by atoms with Gasteiger partial charge in [0.15, 0.2) is 0 Å². The van der Waals surface area contributed by atoms with Crippen molar-refractivity contribution in [2.45, 2.75) is 0 Å². The molecule has 6 nitrogen and oxygen atoms in total. The molecule has 1 N–H and O–H groups in total. The van der Waals surface area contributed by atoms with E-state index in [-0.39, 0.29) is 10.6 Å². The van der Waals surface area contributed by atoms with Gasteiger partial charge in [0, 0.05) is 6.07 Å². The molecule has 0 aliphatic rings. The molecular weight excluding hydrogens is 224 g/mol. The minimum Gasteiger partial charge on any atom is -0.478 e. The fraction of sp³-hybridized carbons (Fsp3) is 0. The lowest BCUT2D eigenvalue weighted by atomic mass is 10.1. The van der Waals surface area contributed by atoms with Gasteiger partial charge in [-0.3, -0.25) is 10.1 Å². The van der Waals surface area contributed by atoms with Gasteiger partial charge in [-0.2, -0.15) is 5.26 Å². The molecule has 0 saturated heterocycles. The smallest absolute Gasteiger partial charge is 0.337 e. The molecule has 0 saturated carbocycles. The van der Waals surface area contributed by atoms with Crippen molar-refractivity contribution in [3.63, 3.8) is 0 Å². The van der Waals surface area contributed by atoms with E-state index in [2.05, 4.69) is 0 Å². The van der Waals surface area contributed by atoms with Crippen molar-refractivity contribution in [3.8, 4) is 6.07 Å². The number of nitrogens with zero attached hydrogens (tertiary/aromatic N) is 2. The van der Waals surface area contributed by atoms with Crippen molar-refractivity contribution in [2.24, 2.45) is 0 Å². The monoisotopic (exact) mass is 226 g/mol. The molecule has 0 heterocycles. The molecule has 0 aliphatic carbocycles. The fourth-order valence-electron chi connectivity index (χ4n) is 0.971. The summed E-state index contributed by atoms with van der Waals surface area (Å²) in [7, 11) is 0. The Hall–Kier alpha value is -2.13. The highest BCUT2D eigenvalue weighted by Crippen LogP contribution is 2.27. The van der Waals surface area contributed by atoms with Crippen LogP contribution in [0.1, 0.15) is 15.9 Å². The van der Waals surface area contributed by atoms with E-state index in [1.165, 1.54) is 0 Å². The van der Waals surface area contributed by atoms with E-state index >= 15 is 0 Å². The molecule has 1 aromatic carbocycles. The largest absolute Gasteiger partial charge is 0.478 e. The lowest BCUT2D eigenvalue weighted by molar-refractivity contribution is -0.384. The molecule has 0 atom stereocenters. The number of nitriles is 1. The summed E-state index contributed by atoms with van der Waals surface area (Å²) in [6.45, 7) is 0. The molecule has 0 aliphatic heterocycles. The Morgan fingerprint density at radius 1 is 1.60 bits per heavy atom. The highest BCUT2D eigenvalue weighted by Gasteiger charge is 2.20. The van der Waals surface area contributed by atoms with E-state index in [0.29, 0.717) is 0 Å². The first-order valence-electron chi connectivity index (χ1n) is 3.58. The topological polar surface area (TPSA) is 104 Å². The summed E-state index contributed by atoms with van der Waals surface area (Å²) in [5.41, 5.74) is -1.18. The van der Waals surface area contributed by atoms with E-state index < -0.39 is 22.1 Å². The third-order valence-electron chi connectivity index (χ3n) is 1.63. The minimum absolute atomic E-state index is 0.210. The molecule has 0 aromatic heterocycles. The maximum absolute atomic E-state index is 10.6. The van der Waals surface area contributed by atoms with Crippen LogP contribution in [0.4, 0.5) is 5.69 Å². The highest BCUT2D eigenvalue weighted by molar-refractivity contribution is 6.33. The number of hydrogen-bond acceptors (Lipinski definition) is 4. The number of benzene rings is 1. The van der Waals surface area contributed by atoms with Crippen LogP contribution < -0.4 is 0 Å². The van der Waals surface area contributed by atoms with Crippen LogP contribution in [-0.4, -0.2) is 16.0 Å². The van der Waals surface area contributed by atoms with Crippen molar-refractivity contribution in [3.05, 3.63) is 38.4 Å². The van der Waals surface area contributed by atoms with Gasteiger partial charge in [0.25, 0.3) is 5.69 Å². The van der Waals surface area contributed by atoms with Crippen molar-refractivity contribution < 1.29 is 14.8 Å². The van der Waals surface area contributed by atoms with Gasteiger partial charge in [-0.25, -0.2) is 4.79 Å². The number of nitro benzene ring substituents is 1. The third-order valence-corrected chi connectivity index (χ3v) is 1.94. The van der Waals surface area contributed by atoms with E-state index in [4.69, 9.17) is 22.0 Å². The summed E-state index contributed by atoms with van der Waals surface area (Å²) < 4.78 is 0. The Bertz CT molecular complexity index is 492. The lowest BCUT2D eigenvalue weighted by Crippen LogP contribution is -2.02. The van der Waals surface area contributed by atoms with Crippen molar-refractivity contribution in [2.75, 3.05) is 0 Å². The summed E-state index contributed by atoms with van der Waals surface area (Å²) in [5.74, 6) is -1.41. The van der Waals surface area contributed by atoms with Gasteiger partial charge in [-0.05, 0) is 6.07 Å². The summed E-state index contributed by atoms with van der Waals surface area (Å²) in [6.07, 6.45) is 0. The van der Waals surface area contributed by atoms with Crippen LogP contribution in [-0.2, 0) is 0 Å². The number of nitro groups is 1. The molecule has 0 amide bonds. The van der Waals surface area contributed by atoms with Crippen LogP contribution in [0.25, 0.3) is 0 Å². The first-order valence-corrected chi connectivity index (χ1v) is 3.96. The molecule has 76 valence electrons. The van der Waals surface area contributed by atoms with Crippen LogP contribution in [0, 0.1) is 21.4 Å². The van der Waals surface area contributed by atoms with Crippen molar-refractivity contribution >= 4 is 23.3 Å². The predicted molar refractivity (Wildman–Crippen MR) is 49.8 cm³/mol. The minimum atomic E-state index is -1.41. The van der Waals surface area contributed by atoms with E-state index in [9.17, 15) is 14.9 Å². The molecule has 0 unspecified atom stereocenters. The molecule has 0 fully saturated rings. The lowest BCUT2D eigenvalue weighted by Gasteiger charge is -2.00. The first-order chi connectivity index (χ1) is 6.97. The van der Waals surface area contributed by atoms with Gasteiger partial charge in [0.2, 0.25) is 0 Å². The summed E-state index contributed by atoms with van der Waals surface area (Å²) in [6, 6.07) is 3.32. The molecule has 1 rings (SSSR count). The molecule has 1 aromatic rings.